The van der Waals surface area contributed by atoms with E-state index in [2.05, 4.69) is 5.32 Å². The molecule has 19 heavy (non-hydrogen) atoms. The number of hydrogen-bond acceptors (Lipinski definition) is 6. The highest BCUT2D eigenvalue weighted by Crippen LogP contribution is 2.31. The fourth-order valence-corrected chi connectivity index (χ4v) is 1.79. The number of benzene rings is 1. The lowest BCUT2D eigenvalue weighted by molar-refractivity contribution is 0.373. The molecule has 0 radical (unpaired) electrons. The van der Waals surface area contributed by atoms with E-state index in [1.54, 1.807) is 0 Å². The van der Waals surface area contributed by atoms with Gasteiger partial charge in [0, 0.05) is 0 Å². The van der Waals surface area contributed by atoms with Crippen molar-refractivity contribution >= 4 is 10.1 Å². The van der Waals surface area contributed by atoms with Crippen LogP contribution in [0.15, 0.2) is 18.2 Å². The van der Waals surface area contributed by atoms with Gasteiger partial charge >= 0.3 is 0 Å². The number of aromatic hydroxyl groups is 1. The summed E-state index contributed by atoms with van der Waals surface area (Å²) >= 11 is 0. The monoisotopic (exact) mass is 288 g/mol. The van der Waals surface area contributed by atoms with Crippen LogP contribution in [0.3, 0.4) is 0 Å². The molecule has 1 atom stereocenters. The minimum atomic E-state index is -4.50. The Bertz CT molecular complexity index is 551. The fraction of sp³-hybridized carbons (Fsp3) is 0.364. The smallest absolute Gasteiger partial charge is 0.285 e. The minimum absolute atomic E-state index is 0.0275. The van der Waals surface area contributed by atoms with Gasteiger partial charge in [-0.2, -0.15) is 13.7 Å². The first kappa shape index (κ1) is 17.2. The number of ether oxygens (including phenoxy) is 1. The standard InChI is InChI=1S/C9H9NO5S.C2H7N/c1-15-8-4-6(2-3-7(8)11)9(5-10)16(12,13)14;1-3-2/h2-4,9,11H,1H3,(H,12,13,14);3H,1-2H3. The first-order valence-electron chi connectivity index (χ1n) is 5.13. The molecule has 1 rings (SSSR count). The Kier molecular flexibility index (Phi) is 6.85. The van der Waals surface area contributed by atoms with Gasteiger partial charge in [0.05, 0.1) is 13.2 Å². The summed E-state index contributed by atoms with van der Waals surface area (Å²) in [6, 6.07) is 5.04. The van der Waals surface area contributed by atoms with Gasteiger partial charge in [-0.3, -0.25) is 4.55 Å². The number of phenols is 1. The van der Waals surface area contributed by atoms with Gasteiger partial charge in [-0.05, 0) is 31.8 Å². The maximum Gasteiger partial charge on any atom is 0.285 e. The van der Waals surface area contributed by atoms with Gasteiger partial charge in [0.2, 0.25) is 0 Å². The molecule has 3 N–H and O–H groups in total. The number of rotatable bonds is 3. The predicted molar refractivity (Wildman–Crippen MR) is 69.5 cm³/mol. The zero-order chi connectivity index (χ0) is 15.1. The predicted octanol–water partition coefficient (Wildman–Crippen LogP) is 0.689. The van der Waals surface area contributed by atoms with E-state index in [4.69, 9.17) is 14.6 Å². The molecule has 1 unspecified atom stereocenters. The SMILES string of the molecule is CNC.COc1cc(C(C#N)S(=O)(=O)O)ccc1O. The molecule has 0 heterocycles. The largest absolute Gasteiger partial charge is 0.504 e. The second kappa shape index (κ2) is 7.58. The van der Waals surface area contributed by atoms with E-state index in [0.29, 0.717) is 0 Å². The van der Waals surface area contributed by atoms with E-state index < -0.39 is 15.4 Å². The third-order valence-electron chi connectivity index (χ3n) is 1.92. The Morgan fingerprint density at radius 3 is 2.32 bits per heavy atom. The van der Waals surface area contributed by atoms with Crippen LogP contribution in [-0.2, 0) is 10.1 Å². The van der Waals surface area contributed by atoms with Crippen molar-refractivity contribution in [1.29, 1.82) is 5.26 Å². The van der Waals surface area contributed by atoms with Crippen molar-refractivity contribution in [2.75, 3.05) is 21.2 Å². The molecule has 1 aromatic carbocycles. The zero-order valence-corrected chi connectivity index (χ0v) is 11.6. The molecule has 0 saturated carbocycles. The normalized spacial score (nSPS) is 11.7. The van der Waals surface area contributed by atoms with Gasteiger partial charge in [0.1, 0.15) is 0 Å². The van der Waals surface area contributed by atoms with Crippen molar-refractivity contribution in [3.8, 4) is 17.6 Å². The second-order valence-electron chi connectivity index (χ2n) is 3.46. The van der Waals surface area contributed by atoms with Gasteiger partial charge < -0.3 is 15.2 Å². The van der Waals surface area contributed by atoms with Gasteiger partial charge in [0.15, 0.2) is 16.7 Å². The van der Waals surface area contributed by atoms with Gasteiger partial charge in [0.25, 0.3) is 10.1 Å². The number of methoxy groups -OCH3 is 1. The molecule has 0 aromatic heterocycles. The van der Waals surface area contributed by atoms with E-state index in [0.717, 1.165) is 0 Å². The Morgan fingerprint density at radius 1 is 1.42 bits per heavy atom. The molecule has 0 aliphatic heterocycles. The van der Waals surface area contributed by atoms with Crippen LogP contribution in [0.1, 0.15) is 10.8 Å². The maximum absolute atomic E-state index is 10.9. The zero-order valence-electron chi connectivity index (χ0n) is 10.8. The number of nitrogens with zero attached hydrogens (tertiary/aromatic N) is 1. The van der Waals surface area contributed by atoms with Gasteiger partial charge in [-0.15, -0.1) is 0 Å². The van der Waals surface area contributed by atoms with Crippen LogP contribution in [-0.4, -0.2) is 39.3 Å². The molecule has 7 nitrogen and oxygen atoms in total. The highest BCUT2D eigenvalue weighted by Gasteiger charge is 2.25. The van der Waals surface area contributed by atoms with Crippen LogP contribution in [0.2, 0.25) is 0 Å². The number of hydrogen-bond donors (Lipinski definition) is 3. The van der Waals surface area contributed by atoms with Crippen LogP contribution in [0.4, 0.5) is 0 Å². The Labute approximate surface area is 112 Å². The molecule has 0 bridgehead atoms. The minimum Gasteiger partial charge on any atom is -0.504 e. The van der Waals surface area contributed by atoms with Crippen LogP contribution >= 0.6 is 0 Å². The number of nitrogens with one attached hydrogen (secondary N) is 1. The van der Waals surface area contributed by atoms with Crippen LogP contribution in [0.25, 0.3) is 0 Å². The Hall–Kier alpha value is -1.82. The van der Waals surface area contributed by atoms with Crippen molar-refractivity contribution in [2.45, 2.75) is 5.25 Å². The van der Waals surface area contributed by atoms with Crippen LogP contribution < -0.4 is 10.1 Å². The second-order valence-corrected chi connectivity index (χ2v) is 4.96. The van der Waals surface area contributed by atoms with E-state index in [-0.39, 0.29) is 17.1 Å². The summed E-state index contributed by atoms with van der Waals surface area (Å²) in [4.78, 5) is 0. The fourth-order valence-electron chi connectivity index (χ4n) is 1.17. The van der Waals surface area contributed by atoms with E-state index >= 15 is 0 Å². The average Bonchev–Trinajstić information content (AvgIpc) is 2.31. The quantitative estimate of drug-likeness (QED) is 0.700. The lowest BCUT2D eigenvalue weighted by Gasteiger charge is -2.09. The molecule has 106 valence electrons. The molecular weight excluding hydrogens is 272 g/mol. The van der Waals surface area contributed by atoms with Gasteiger partial charge in [-0.25, -0.2) is 0 Å². The van der Waals surface area contributed by atoms with E-state index in [9.17, 15) is 13.5 Å². The van der Waals surface area contributed by atoms with Crippen LogP contribution in [0.5, 0.6) is 11.5 Å². The third-order valence-corrected chi connectivity index (χ3v) is 2.89. The van der Waals surface area contributed by atoms with Crippen molar-refractivity contribution in [3.05, 3.63) is 23.8 Å². The van der Waals surface area contributed by atoms with Crippen molar-refractivity contribution < 1.29 is 22.8 Å². The van der Waals surface area contributed by atoms with Crippen molar-refractivity contribution in [3.63, 3.8) is 0 Å². The molecule has 0 aliphatic rings. The average molecular weight is 288 g/mol. The topological polar surface area (TPSA) is 120 Å². The summed E-state index contributed by atoms with van der Waals surface area (Å²) in [7, 11) is 0.531. The molecule has 1 aromatic rings. The molecule has 0 aliphatic carbocycles. The third kappa shape index (κ3) is 5.13. The molecule has 0 amide bonds. The summed E-state index contributed by atoms with van der Waals surface area (Å²) in [6.45, 7) is 0. The first-order valence-corrected chi connectivity index (χ1v) is 6.63. The van der Waals surface area contributed by atoms with Gasteiger partial charge in [-0.1, -0.05) is 6.07 Å². The molecule has 0 fully saturated rings. The first-order chi connectivity index (χ1) is 8.81. The Balaban J connectivity index is 0.000000982. The number of phenolic OH excluding ortho intramolecular Hbond substituents is 1. The van der Waals surface area contributed by atoms with Crippen LogP contribution in [0, 0.1) is 11.3 Å². The molecule has 0 spiro atoms. The summed E-state index contributed by atoms with van der Waals surface area (Å²) in [6.07, 6.45) is 0. The maximum atomic E-state index is 10.9. The molecule has 0 saturated heterocycles. The lowest BCUT2D eigenvalue weighted by Crippen LogP contribution is -2.10. The highest BCUT2D eigenvalue weighted by atomic mass is 32.2. The van der Waals surface area contributed by atoms with E-state index in [1.165, 1.54) is 31.4 Å². The molecule has 8 heteroatoms. The molecular formula is C11H16N2O5S. The van der Waals surface area contributed by atoms with Crippen molar-refractivity contribution in [2.24, 2.45) is 0 Å². The summed E-state index contributed by atoms with van der Waals surface area (Å²) < 4.78 is 35.3. The summed E-state index contributed by atoms with van der Waals surface area (Å²) in [5, 5.41) is 19.0. The lowest BCUT2D eigenvalue weighted by atomic mass is 10.1. The summed E-state index contributed by atoms with van der Waals surface area (Å²) in [5.74, 6) is -0.153. The summed E-state index contributed by atoms with van der Waals surface area (Å²) in [5.41, 5.74) is 0.0275. The highest BCUT2D eigenvalue weighted by molar-refractivity contribution is 7.86. The van der Waals surface area contributed by atoms with Crippen molar-refractivity contribution in [1.82, 2.24) is 5.32 Å². The van der Waals surface area contributed by atoms with E-state index in [1.807, 2.05) is 14.1 Å². The number of nitriles is 1. The Morgan fingerprint density at radius 2 is 1.95 bits per heavy atom.